The maximum Gasteiger partial charge on any atom is 0.224 e. The fourth-order valence-corrected chi connectivity index (χ4v) is 6.29. The van der Waals surface area contributed by atoms with E-state index in [0.717, 1.165) is 62.5 Å². The van der Waals surface area contributed by atoms with Crippen molar-refractivity contribution >= 4 is 34.2 Å². The molecular weight excluding hydrogens is 526 g/mol. The number of rotatable bonds is 12. The molecule has 2 aliphatic rings. The summed E-state index contributed by atoms with van der Waals surface area (Å²) in [7, 11) is 3.73. The van der Waals surface area contributed by atoms with E-state index in [2.05, 4.69) is 27.2 Å². The van der Waals surface area contributed by atoms with Gasteiger partial charge in [-0.05, 0) is 69.8 Å². The molecule has 1 amide bonds. The molecule has 3 aromatic rings. The van der Waals surface area contributed by atoms with Crippen LogP contribution in [-0.2, 0) is 9.59 Å². The van der Waals surface area contributed by atoms with Gasteiger partial charge in [-0.1, -0.05) is 49.6 Å². The monoisotopic (exact) mass is 565 g/mol. The number of halogens is 1. The number of H-pyrrole nitrogens is 1. The summed E-state index contributed by atoms with van der Waals surface area (Å²) in [5, 5.41) is 4.67. The fourth-order valence-electron chi connectivity index (χ4n) is 6.04. The van der Waals surface area contributed by atoms with Gasteiger partial charge in [0.25, 0.3) is 0 Å². The van der Waals surface area contributed by atoms with Gasteiger partial charge in [-0.2, -0.15) is 0 Å². The number of aromatic amines is 1. The van der Waals surface area contributed by atoms with Gasteiger partial charge in [0.1, 0.15) is 22.5 Å². The van der Waals surface area contributed by atoms with Crippen LogP contribution in [0.5, 0.6) is 5.88 Å². The molecule has 2 atom stereocenters. The lowest BCUT2D eigenvalue weighted by Crippen LogP contribution is -2.36. The number of benzene rings is 1. The fraction of sp³-hybridized carbons (Fsp3) is 0.548. The van der Waals surface area contributed by atoms with E-state index in [1.165, 1.54) is 0 Å². The van der Waals surface area contributed by atoms with Gasteiger partial charge in [-0.3, -0.25) is 9.59 Å². The van der Waals surface area contributed by atoms with Crippen molar-refractivity contribution in [3.63, 3.8) is 0 Å². The van der Waals surface area contributed by atoms with E-state index in [9.17, 15) is 9.59 Å². The van der Waals surface area contributed by atoms with E-state index < -0.39 is 0 Å². The van der Waals surface area contributed by atoms with Crippen LogP contribution in [0.4, 0.5) is 0 Å². The number of piperidine rings is 1. The largest absolute Gasteiger partial charge is 0.480 e. The summed E-state index contributed by atoms with van der Waals surface area (Å²) in [4.78, 5) is 40.4. The number of likely N-dealkylation sites (tertiary alicyclic amines) is 1. The van der Waals surface area contributed by atoms with Crippen LogP contribution < -0.4 is 10.1 Å². The summed E-state index contributed by atoms with van der Waals surface area (Å²) in [6, 6.07) is 9.52. The Morgan fingerprint density at radius 3 is 2.73 bits per heavy atom. The third-order valence-corrected chi connectivity index (χ3v) is 9.07. The maximum atomic E-state index is 13.5. The summed E-state index contributed by atoms with van der Waals surface area (Å²) < 4.78 is 5.60. The SMILES string of the molecule is CCC(=O)CCCCC[C@H](NC(=O)[C@H]1CC12CCN(C)CC2)c1nc(-c2cc3ccccc3nc2OC)c(Cl)[nH]1. The van der Waals surface area contributed by atoms with Gasteiger partial charge in [-0.15, -0.1) is 0 Å². The average molecular weight is 566 g/mol. The highest BCUT2D eigenvalue weighted by Gasteiger charge is 2.58. The van der Waals surface area contributed by atoms with Gasteiger partial charge in [0, 0.05) is 24.1 Å². The molecule has 0 radical (unpaired) electrons. The van der Waals surface area contributed by atoms with Crippen LogP contribution in [0.15, 0.2) is 30.3 Å². The third kappa shape index (κ3) is 6.18. The van der Waals surface area contributed by atoms with E-state index in [1.807, 2.05) is 37.3 Å². The number of carbonyl (C=O) groups excluding carboxylic acids is 2. The Morgan fingerprint density at radius 1 is 1.20 bits per heavy atom. The Balaban J connectivity index is 1.36. The molecule has 1 aromatic carbocycles. The first-order valence-electron chi connectivity index (χ1n) is 14.5. The molecule has 2 N–H and O–H groups in total. The molecule has 2 aromatic heterocycles. The number of pyridine rings is 1. The number of nitrogens with zero attached hydrogens (tertiary/aromatic N) is 3. The second-order valence-electron chi connectivity index (χ2n) is 11.5. The minimum atomic E-state index is -0.302. The molecule has 1 aliphatic heterocycles. The van der Waals surface area contributed by atoms with Gasteiger partial charge < -0.3 is 19.9 Å². The van der Waals surface area contributed by atoms with E-state index in [4.69, 9.17) is 21.3 Å². The van der Waals surface area contributed by atoms with Crippen molar-refractivity contribution in [1.82, 2.24) is 25.2 Å². The Morgan fingerprint density at radius 2 is 1.98 bits per heavy atom. The molecule has 3 heterocycles. The zero-order valence-corrected chi connectivity index (χ0v) is 24.5. The molecule has 1 spiro atoms. The van der Waals surface area contributed by atoms with Crippen molar-refractivity contribution in [2.45, 2.75) is 70.8 Å². The maximum absolute atomic E-state index is 13.5. The zero-order chi connectivity index (χ0) is 28.3. The van der Waals surface area contributed by atoms with Crippen LogP contribution in [0.2, 0.25) is 5.15 Å². The van der Waals surface area contributed by atoms with Crippen LogP contribution in [0, 0.1) is 11.3 Å². The third-order valence-electron chi connectivity index (χ3n) is 8.79. The molecule has 9 heteroatoms. The van der Waals surface area contributed by atoms with Crippen LogP contribution in [-0.4, -0.2) is 58.8 Å². The highest BCUT2D eigenvalue weighted by atomic mass is 35.5. The van der Waals surface area contributed by atoms with E-state index in [-0.39, 0.29) is 23.3 Å². The number of methoxy groups -OCH3 is 1. The van der Waals surface area contributed by atoms with Crippen molar-refractivity contribution in [3.8, 4) is 17.1 Å². The number of hydrogen-bond donors (Lipinski definition) is 2. The molecule has 0 bridgehead atoms. The van der Waals surface area contributed by atoms with Gasteiger partial charge in [0.05, 0.1) is 24.2 Å². The number of nitrogens with one attached hydrogen (secondary N) is 2. The minimum absolute atomic E-state index is 0.0561. The van der Waals surface area contributed by atoms with Crippen molar-refractivity contribution < 1.29 is 14.3 Å². The molecule has 1 saturated heterocycles. The summed E-state index contributed by atoms with van der Waals surface area (Å²) in [6.07, 6.45) is 7.66. The summed E-state index contributed by atoms with van der Waals surface area (Å²) in [5.41, 5.74) is 2.23. The number of amides is 1. The lowest BCUT2D eigenvalue weighted by Gasteiger charge is -2.30. The summed E-state index contributed by atoms with van der Waals surface area (Å²) in [6.45, 7) is 3.99. The number of ketones is 1. The van der Waals surface area contributed by atoms with Crippen molar-refractivity contribution in [2.75, 3.05) is 27.2 Å². The van der Waals surface area contributed by atoms with E-state index in [1.54, 1.807) is 7.11 Å². The quantitative estimate of drug-likeness (QED) is 0.257. The molecule has 0 unspecified atom stereocenters. The molecule has 5 rings (SSSR count). The van der Waals surface area contributed by atoms with Crippen molar-refractivity contribution in [3.05, 3.63) is 41.3 Å². The number of imidazole rings is 1. The van der Waals surface area contributed by atoms with Gasteiger partial charge in [0.15, 0.2) is 0 Å². The number of aromatic nitrogens is 3. The minimum Gasteiger partial charge on any atom is -0.480 e. The van der Waals surface area contributed by atoms with Gasteiger partial charge >= 0.3 is 0 Å². The van der Waals surface area contributed by atoms with Crippen LogP contribution in [0.3, 0.4) is 0 Å². The number of para-hydroxylation sites is 1. The van der Waals surface area contributed by atoms with Crippen LogP contribution in [0.1, 0.15) is 76.6 Å². The van der Waals surface area contributed by atoms with Gasteiger partial charge in [-0.25, -0.2) is 9.97 Å². The Kier molecular flexibility index (Phi) is 8.76. The topological polar surface area (TPSA) is 100 Å². The molecule has 8 nitrogen and oxygen atoms in total. The first-order valence-corrected chi connectivity index (χ1v) is 14.9. The predicted octanol–water partition coefficient (Wildman–Crippen LogP) is 6.11. The summed E-state index contributed by atoms with van der Waals surface area (Å²) in [5.74, 6) is 1.53. The first-order chi connectivity index (χ1) is 19.3. The Labute approximate surface area is 241 Å². The zero-order valence-electron chi connectivity index (χ0n) is 23.8. The standard InChI is InChI=1S/C31H40ClN5O3/c1-4-21(38)11-6-5-7-13-25(33-29(39)23-19-31(23)14-16-37(2)17-15-31)28-35-26(27(32)36-28)22-18-20-10-8-9-12-24(20)34-30(22)40-3/h8-10,12,18,23,25H,4-7,11,13-17,19H2,1-3H3,(H,33,39)(H,35,36)/t23-,25+/m1/s1. The normalized spacial score (nSPS) is 19.1. The number of Topliss-reactive ketones (excluding diaryl/α,β-unsaturated/α-hetero) is 1. The first kappa shape index (κ1) is 28.6. The smallest absolute Gasteiger partial charge is 0.224 e. The van der Waals surface area contributed by atoms with Crippen molar-refractivity contribution in [1.29, 1.82) is 0 Å². The lowest BCUT2D eigenvalue weighted by atomic mass is 9.91. The number of unbranched alkanes of at least 4 members (excludes halogenated alkanes) is 2. The number of hydrogen-bond acceptors (Lipinski definition) is 6. The molecular formula is C31H40ClN5O3. The van der Waals surface area contributed by atoms with E-state index in [0.29, 0.717) is 53.2 Å². The second-order valence-corrected chi connectivity index (χ2v) is 11.9. The molecule has 1 saturated carbocycles. The average Bonchev–Trinajstić information content (AvgIpc) is 3.54. The molecule has 1 aliphatic carbocycles. The highest BCUT2D eigenvalue weighted by Crippen LogP contribution is 2.59. The number of fused-ring (bicyclic) bond motifs is 1. The van der Waals surface area contributed by atoms with E-state index >= 15 is 0 Å². The Hall–Kier alpha value is -2.97. The summed E-state index contributed by atoms with van der Waals surface area (Å²) >= 11 is 6.72. The lowest BCUT2D eigenvalue weighted by molar-refractivity contribution is -0.124. The molecule has 214 valence electrons. The van der Waals surface area contributed by atoms with Gasteiger partial charge in [0.2, 0.25) is 11.8 Å². The molecule has 40 heavy (non-hydrogen) atoms. The van der Waals surface area contributed by atoms with Crippen LogP contribution in [0.25, 0.3) is 22.2 Å². The molecule has 2 fully saturated rings. The highest BCUT2D eigenvalue weighted by molar-refractivity contribution is 6.32. The number of ether oxygens (including phenoxy) is 1. The van der Waals surface area contributed by atoms with Crippen LogP contribution >= 0.6 is 11.6 Å². The Bertz CT molecular complexity index is 1360. The van der Waals surface area contributed by atoms with Crippen molar-refractivity contribution in [2.24, 2.45) is 11.3 Å². The number of carbonyl (C=O) groups is 2. The predicted molar refractivity (Wildman–Crippen MR) is 157 cm³/mol. The second kappa shape index (κ2) is 12.3.